The van der Waals surface area contributed by atoms with E-state index in [1.165, 1.54) is 6.92 Å². The Bertz CT molecular complexity index is 232. The summed E-state index contributed by atoms with van der Waals surface area (Å²) in [7, 11) is 0. The average Bonchev–Trinajstić information content (AvgIpc) is 2.08. The maximum absolute atomic E-state index is 11.4. The third-order valence-electron chi connectivity index (χ3n) is 2.26. The highest BCUT2D eigenvalue weighted by atomic mass is 16.5. The third-order valence-corrected chi connectivity index (χ3v) is 2.26. The van der Waals surface area contributed by atoms with E-state index in [0.29, 0.717) is 12.8 Å². The Morgan fingerprint density at radius 3 is 2.77 bits per heavy atom. The first kappa shape index (κ1) is 9.96. The van der Waals surface area contributed by atoms with Crippen LogP contribution in [0.25, 0.3) is 0 Å². The molecule has 0 bridgehead atoms. The van der Waals surface area contributed by atoms with E-state index in [9.17, 15) is 9.59 Å². The lowest BCUT2D eigenvalue weighted by Gasteiger charge is -2.24. The van der Waals surface area contributed by atoms with Crippen LogP contribution in [0, 0.1) is 5.92 Å². The molecule has 1 fully saturated rings. The van der Waals surface area contributed by atoms with Crippen molar-refractivity contribution in [3.8, 4) is 0 Å². The fourth-order valence-electron chi connectivity index (χ4n) is 1.54. The average molecular weight is 182 g/mol. The van der Waals surface area contributed by atoms with Crippen LogP contribution in [0.15, 0.2) is 12.7 Å². The van der Waals surface area contributed by atoms with Gasteiger partial charge in [-0.3, -0.25) is 9.59 Å². The van der Waals surface area contributed by atoms with Crippen molar-refractivity contribution in [1.29, 1.82) is 0 Å². The van der Waals surface area contributed by atoms with Gasteiger partial charge in [0, 0.05) is 13.3 Å². The van der Waals surface area contributed by atoms with Gasteiger partial charge in [0.15, 0.2) is 11.9 Å². The van der Waals surface area contributed by atoms with E-state index >= 15 is 0 Å². The molecule has 0 aromatic carbocycles. The van der Waals surface area contributed by atoms with E-state index in [1.807, 2.05) is 0 Å². The summed E-state index contributed by atoms with van der Waals surface area (Å²) in [5.41, 5.74) is 0. The first-order valence-electron chi connectivity index (χ1n) is 4.46. The van der Waals surface area contributed by atoms with Gasteiger partial charge in [-0.2, -0.15) is 0 Å². The lowest BCUT2D eigenvalue weighted by Crippen LogP contribution is -2.32. The van der Waals surface area contributed by atoms with Crippen LogP contribution < -0.4 is 0 Å². The molecule has 0 unspecified atom stereocenters. The summed E-state index contributed by atoms with van der Waals surface area (Å²) in [6.07, 6.45) is 3.26. The lowest BCUT2D eigenvalue weighted by atomic mass is 9.86. The SMILES string of the molecule is C=C[C@@H]1CC[C@@H](OC(C)=O)C(=O)C1. The van der Waals surface area contributed by atoms with E-state index in [1.54, 1.807) is 6.08 Å². The van der Waals surface area contributed by atoms with Crippen molar-refractivity contribution in [2.75, 3.05) is 0 Å². The molecule has 0 aromatic rings. The number of ether oxygens (including phenoxy) is 1. The molecule has 0 heterocycles. The van der Waals surface area contributed by atoms with Gasteiger partial charge >= 0.3 is 5.97 Å². The van der Waals surface area contributed by atoms with Gasteiger partial charge in [0.1, 0.15) is 0 Å². The number of carbonyl (C=O) groups excluding carboxylic acids is 2. The minimum absolute atomic E-state index is 0.0198. The second-order valence-corrected chi connectivity index (χ2v) is 3.34. The Morgan fingerprint density at radius 2 is 2.31 bits per heavy atom. The molecule has 0 amide bonds. The Morgan fingerprint density at radius 1 is 1.62 bits per heavy atom. The monoisotopic (exact) mass is 182 g/mol. The Hall–Kier alpha value is -1.12. The molecule has 3 heteroatoms. The van der Waals surface area contributed by atoms with E-state index in [-0.39, 0.29) is 17.7 Å². The minimum Gasteiger partial charge on any atom is -0.455 e. The molecule has 3 nitrogen and oxygen atoms in total. The first-order valence-corrected chi connectivity index (χ1v) is 4.46. The Balaban J connectivity index is 2.48. The van der Waals surface area contributed by atoms with Gasteiger partial charge in [0.25, 0.3) is 0 Å². The second-order valence-electron chi connectivity index (χ2n) is 3.34. The number of hydrogen-bond donors (Lipinski definition) is 0. The van der Waals surface area contributed by atoms with Crippen molar-refractivity contribution in [2.24, 2.45) is 5.92 Å². The van der Waals surface area contributed by atoms with E-state index in [2.05, 4.69) is 6.58 Å². The fourth-order valence-corrected chi connectivity index (χ4v) is 1.54. The third kappa shape index (κ3) is 2.68. The highest BCUT2D eigenvalue weighted by molar-refractivity contribution is 5.86. The van der Waals surface area contributed by atoms with E-state index in [0.717, 1.165) is 6.42 Å². The summed E-state index contributed by atoms with van der Waals surface area (Å²) in [5.74, 6) is -0.0962. The largest absolute Gasteiger partial charge is 0.455 e. The van der Waals surface area contributed by atoms with Crippen molar-refractivity contribution < 1.29 is 14.3 Å². The molecular formula is C10H14O3. The molecular weight excluding hydrogens is 168 g/mol. The highest BCUT2D eigenvalue weighted by Crippen LogP contribution is 2.24. The van der Waals surface area contributed by atoms with Crippen LogP contribution in [-0.4, -0.2) is 17.9 Å². The molecule has 13 heavy (non-hydrogen) atoms. The van der Waals surface area contributed by atoms with Gasteiger partial charge in [-0.15, -0.1) is 6.58 Å². The van der Waals surface area contributed by atoms with E-state index in [4.69, 9.17) is 4.74 Å². The summed E-state index contributed by atoms with van der Waals surface area (Å²) < 4.78 is 4.87. The molecule has 0 spiro atoms. The number of ketones is 1. The van der Waals surface area contributed by atoms with Crippen LogP contribution in [0.5, 0.6) is 0 Å². The summed E-state index contributed by atoms with van der Waals surface area (Å²) in [4.78, 5) is 22.0. The minimum atomic E-state index is -0.506. The summed E-state index contributed by atoms with van der Waals surface area (Å²) in [6.45, 7) is 4.97. The number of carbonyl (C=O) groups is 2. The molecule has 72 valence electrons. The molecule has 0 N–H and O–H groups in total. The van der Waals surface area contributed by atoms with Gasteiger partial charge in [0.05, 0.1) is 0 Å². The maximum Gasteiger partial charge on any atom is 0.303 e. The molecule has 1 aliphatic carbocycles. The standard InChI is InChI=1S/C10H14O3/c1-3-8-4-5-10(9(12)6-8)13-7(2)11/h3,8,10H,1,4-6H2,2H3/t8-,10-/m1/s1. The number of allylic oxidation sites excluding steroid dienone is 1. The van der Waals surface area contributed by atoms with Crippen LogP contribution in [0.1, 0.15) is 26.2 Å². The van der Waals surface area contributed by atoms with Crippen molar-refractivity contribution in [2.45, 2.75) is 32.3 Å². The van der Waals surface area contributed by atoms with E-state index < -0.39 is 6.10 Å². The number of rotatable bonds is 2. The van der Waals surface area contributed by atoms with Gasteiger partial charge in [-0.1, -0.05) is 6.08 Å². The molecule has 1 saturated carbocycles. The smallest absolute Gasteiger partial charge is 0.303 e. The maximum atomic E-state index is 11.4. The molecule has 0 aromatic heterocycles. The van der Waals surface area contributed by atoms with Crippen molar-refractivity contribution in [3.63, 3.8) is 0 Å². The number of hydrogen-bond acceptors (Lipinski definition) is 3. The first-order chi connectivity index (χ1) is 6.13. The van der Waals surface area contributed by atoms with Crippen LogP contribution >= 0.6 is 0 Å². The normalized spacial score (nSPS) is 28.2. The van der Waals surface area contributed by atoms with Crippen molar-refractivity contribution in [3.05, 3.63) is 12.7 Å². The lowest BCUT2D eigenvalue weighted by molar-refractivity contribution is -0.155. The van der Waals surface area contributed by atoms with Crippen molar-refractivity contribution in [1.82, 2.24) is 0 Å². The topological polar surface area (TPSA) is 43.4 Å². The number of Topliss-reactive ketones (excluding diaryl/α,β-unsaturated/α-hetero) is 1. The van der Waals surface area contributed by atoms with Crippen LogP contribution in [0.4, 0.5) is 0 Å². The fraction of sp³-hybridized carbons (Fsp3) is 0.600. The summed E-state index contributed by atoms with van der Waals surface area (Å²) >= 11 is 0. The van der Waals surface area contributed by atoms with Crippen molar-refractivity contribution >= 4 is 11.8 Å². The highest BCUT2D eigenvalue weighted by Gasteiger charge is 2.28. The molecule has 1 aliphatic rings. The molecule has 0 radical (unpaired) electrons. The second kappa shape index (κ2) is 4.21. The quantitative estimate of drug-likeness (QED) is 0.480. The summed E-state index contributed by atoms with van der Waals surface area (Å²) in [6, 6.07) is 0. The van der Waals surface area contributed by atoms with Gasteiger partial charge < -0.3 is 4.74 Å². The Labute approximate surface area is 77.8 Å². The predicted octanol–water partition coefficient (Wildman–Crippen LogP) is 1.47. The molecule has 0 saturated heterocycles. The van der Waals surface area contributed by atoms with Crippen LogP contribution in [-0.2, 0) is 14.3 Å². The molecule has 0 aliphatic heterocycles. The molecule has 2 atom stereocenters. The predicted molar refractivity (Wildman–Crippen MR) is 48.1 cm³/mol. The van der Waals surface area contributed by atoms with Gasteiger partial charge in [-0.05, 0) is 18.8 Å². The Kier molecular flexibility index (Phi) is 3.23. The summed E-state index contributed by atoms with van der Waals surface area (Å²) in [5, 5.41) is 0. The number of esters is 1. The van der Waals surface area contributed by atoms with Crippen LogP contribution in [0.2, 0.25) is 0 Å². The van der Waals surface area contributed by atoms with Gasteiger partial charge in [0.2, 0.25) is 0 Å². The zero-order chi connectivity index (χ0) is 9.84. The molecule has 1 rings (SSSR count). The van der Waals surface area contributed by atoms with Gasteiger partial charge in [-0.25, -0.2) is 0 Å². The zero-order valence-electron chi connectivity index (χ0n) is 7.79. The zero-order valence-corrected chi connectivity index (χ0v) is 7.79. The van der Waals surface area contributed by atoms with Crippen LogP contribution in [0.3, 0.4) is 0 Å².